The maximum Gasteiger partial charge on any atom is 0.335 e. The fourth-order valence-electron chi connectivity index (χ4n) is 11.5. The summed E-state index contributed by atoms with van der Waals surface area (Å²) in [4.78, 5) is 72.5. The minimum atomic E-state index is -1.55. The Morgan fingerprint density at radius 1 is 0.863 bits per heavy atom. The number of carboxylic acid groups (broad SMARTS) is 2. The van der Waals surface area contributed by atoms with Crippen LogP contribution in [0.5, 0.6) is 11.5 Å². The predicted molar refractivity (Wildman–Crippen MR) is 279 cm³/mol. The number of hydrogen-bond donors (Lipinski definition) is 3. The van der Waals surface area contributed by atoms with Crippen LogP contribution >= 0.6 is 23.4 Å². The number of halogens is 1. The number of allylic oxidation sites excluding steroid dienone is 5. The van der Waals surface area contributed by atoms with Crippen molar-refractivity contribution >= 4 is 58.8 Å². The summed E-state index contributed by atoms with van der Waals surface area (Å²) in [6.07, 6.45) is 13.4. The van der Waals surface area contributed by atoms with Gasteiger partial charge >= 0.3 is 23.9 Å². The van der Waals surface area contributed by atoms with Gasteiger partial charge in [-0.2, -0.15) is 0 Å². The van der Waals surface area contributed by atoms with Gasteiger partial charge in [-0.05, 0) is 129 Å². The maximum absolute atomic E-state index is 13.9. The lowest BCUT2D eigenvalue weighted by molar-refractivity contribution is -0.203. The molecule has 13 nitrogen and oxygen atoms in total. The molecule has 4 aliphatic rings. The second-order valence-electron chi connectivity index (χ2n) is 19.8. The molecule has 0 amide bonds. The van der Waals surface area contributed by atoms with Crippen LogP contribution in [0.4, 0.5) is 0 Å². The van der Waals surface area contributed by atoms with E-state index in [0.29, 0.717) is 38.9 Å². The molecule has 0 radical (unpaired) electrons. The van der Waals surface area contributed by atoms with Gasteiger partial charge in [0.1, 0.15) is 11.5 Å². The number of para-hydroxylation sites is 1. The van der Waals surface area contributed by atoms with Gasteiger partial charge in [0.25, 0.3) is 0 Å². The van der Waals surface area contributed by atoms with Crippen LogP contribution in [-0.4, -0.2) is 92.4 Å². The molecule has 0 bridgehead atoms. The second-order valence-corrected chi connectivity index (χ2v) is 21.8. The summed E-state index contributed by atoms with van der Waals surface area (Å²) in [6, 6.07) is 24.4. The number of alkyl halides is 1. The minimum Gasteiger partial charge on any atom is -0.494 e. The molecule has 7 rings (SSSR count). The fraction of sp³-hybridized carbons (Fsp3) is 0.483. The Labute approximate surface area is 437 Å². The van der Waals surface area contributed by atoms with E-state index < -0.39 is 63.7 Å². The summed E-state index contributed by atoms with van der Waals surface area (Å²) in [6.45, 7) is 9.91. The van der Waals surface area contributed by atoms with Gasteiger partial charge in [0, 0.05) is 46.2 Å². The molecule has 73 heavy (non-hydrogen) atoms. The lowest BCUT2D eigenvalue weighted by atomic mass is 9.45. The number of rotatable bonds is 22. The normalized spacial score (nSPS) is 27.2. The van der Waals surface area contributed by atoms with Crippen LogP contribution in [0.25, 0.3) is 0 Å². The highest BCUT2D eigenvalue weighted by molar-refractivity contribution is 8.00. The zero-order valence-corrected chi connectivity index (χ0v) is 44.0. The number of carbonyl (C=O) groups is 6. The number of benzene rings is 3. The first kappa shape index (κ1) is 56.6. The zero-order valence-electron chi connectivity index (χ0n) is 42.4. The Morgan fingerprint density at radius 3 is 2.12 bits per heavy atom. The fourth-order valence-corrected chi connectivity index (χ4v) is 13.1. The van der Waals surface area contributed by atoms with Crippen molar-refractivity contribution in [3.05, 3.63) is 126 Å². The first-order valence-corrected chi connectivity index (χ1v) is 26.6. The third kappa shape index (κ3) is 12.8. The molecule has 0 saturated heterocycles. The standard InChI is InChI=1S/C30H32O6S.C28H37ClO7/c31-29(32)20-19-27(37-28-17-13-24(14-18-28)30(33)34)10-6-7-23-11-15-26(16-12-23)36-22-5-4-21-35-25-8-2-1-3-9-25;1-6-23(33)35-15-22(32)28(36-24(34)7-2)16(3)12-20-19-9-8-17-13-18(30)10-11-25(17,4)27(19,29)21(31)14-26(20,28)5/h1-3,6,8-18,27H,4-5,7,19-22H2,(H,31,32)(H,33,34);10-11,13,16,19-21,31H,6-9,12,14-15H2,1-5H3/b10-6-;/t;16-,19-,20-,21-,25-,26-,27-,28-/m.0/s1. The van der Waals surface area contributed by atoms with Crippen LogP contribution in [0.15, 0.2) is 120 Å². The number of carboxylic acids is 2. The topological polar surface area (TPSA) is 200 Å². The summed E-state index contributed by atoms with van der Waals surface area (Å²) < 4.78 is 22.8. The molecule has 392 valence electrons. The summed E-state index contributed by atoms with van der Waals surface area (Å²) in [5.41, 5.74) is -0.907. The average molecular weight is 1040 g/mol. The quantitative estimate of drug-likeness (QED) is 0.0282. The molecule has 3 saturated carbocycles. The molecule has 3 N–H and O–H groups in total. The van der Waals surface area contributed by atoms with Crippen molar-refractivity contribution in [2.75, 3.05) is 19.8 Å². The van der Waals surface area contributed by atoms with Crippen molar-refractivity contribution in [2.24, 2.45) is 28.6 Å². The van der Waals surface area contributed by atoms with E-state index in [1.54, 1.807) is 44.2 Å². The van der Waals surface area contributed by atoms with E-state index in [0.717, 1.165) is 46.8 Å². The van der Waals surface area contributed by atoms with Gasteiger partial charge < -0.3 is 34.3 Å². The minimum absolute atomic E-state index is 0.0275. The number of Topliss-reactive ketones (excluding diaryl/α,β-unsaturated/α-hetero) is 1. The lowest BCUT2D eigenvalue weighted by Crippen LogP contribution is -2.69. The van der Waals surface area contributed by atoms with Gasteiger partial charge in [0.2, 0.25) is 5.78 Å². The van der Waals surface area contributed by atoms with Crippen molar-refractivity contribution < 1.29 is 63.0 Å². The summed E-state index contributed by atoms with van der Waals surface area (Å²) in [5.74, 6) is -2.33. The Hall–Kier alpha value is -5.70. The molecule has 4 aliphatic carbocycles. The number of hydrogen-bond acceptors (Lipinski definition) is 12. The second kappa shape index (κ2) is 25.0. The van der Waals surface area contributed by atoms with Gasteiger partial charge in [0.05, 0.1) is 29.8 Å². The lowest BCUT2D eigenvalue weighted by Gasteiger charge is -2.64. The van der Waals surface area contributed by atoms with E-state index in [-0.39, 0.29) is 60.0 Å². The SMILES string of the molecule is CCC(=O)OCC(=O)[C@@]1(OC(=O)CC)[C@@H](C)C[C@H]2[C@@H]3CCC4=CC(=O)C=C[C@]4(C)[C@@]3(Cl)[C@@H](O)C[C@@]21C.O=C(O)CCC(/C=C\Cc1ccc(OCCCCOc2ccccc2)cc1)Sc1ccc(C(=O)O)cc1. The van der Waals surface area contributed by atoms with E-state index in [1.807, 2.05) is 93.6 Å². The molecular formula is C58H69ClO13S. The van der Waals surface area contributed by atoms with E-state index in [2.05, 4.69) is 0 Å². The highest BCUT2D eigenvalue weighted by Crippen LogP contribution is 2.72. The first-order chi connectivity index (χ1) is 34.8. The summed E-state index contributed by atoms with van der Waals surface area (Å²) >= 11 is 9.01. The number of aromatic carboxylic acids is 1. The van der Waals surface area contributed by atoms with E-state index in [1.165, 1.54) is 17.8 Å². The molecule has 1 unspecified atom stereocenters. The van der Waals surface area contributed by atoms with Crippen LogP contribution in [0.1, 0.15) is 115 Å². The number of aliphatic hydroxyl groups is 1. The van der Waals surface area contributed by atoms with Crippen LogP contribution in [0, 0.1) is 28.6 Å². The smallest absolute Gasteiger partial charge is 0.335 e. The van der Waals surface area contributed by atoms with Gasteiger partial charge in [-0.3, -0.25) is 24.0 Å². The number of carbonyl (C=O) groups excluding carboxylic acids is 4. The number of fused-ring (bicyclic) bond motifs is 5. The molecule has 0 aliphatic heterocycles. The Bertz CT molecular complexity index is 2530. The predicted octanol–water partition coefficient (Wildman–Crippen LogP) is 10.8. The number of ketones is 2. The first-order valence-electron chi connectivity index (χ1n) is 25.3. The van der Waals surface area contributed by atoms with Crippen LogP contribution < -0.4 is 9.47 Å². The summed E-state index contributed by atoms with van der Waals surface area (Å²) in [5, 5.41) is 29.9. The third-order valence-electron chi connectivity index (χ3n) is 15.3. The Balaban J connectivity index is 0.000000238. The maximum atomic E-state index is 13.9. The Morgan fingerprint density at radius 2 is 1.51 bits per heavy atom. The van der Waals surface area contributed by atoms with E-state index >= 15 is 0 Å². The number of aliphatic hydroxyl groups excluding tert-OH is 1. The van der Waals surface area contributed by atoms with Crippen molar-refractivity contribution in [1.29, 1.82) is 0 Å². The van der Waals surface area contributed by atoms with Gasteiger partial charge in [-0.1, -0.05) is 88.8 Å². The summed E-state index contributed by atoms with van der Waals surface area (Å²) in [7, 11) is 0. The highest BCUT2D eigenvalue weighted by atomic mass is 35.5. The number of thioether (sulfide) groups is 1. The molecule has 3 aromatic carbocycles. The number of unbranched alkanes of at least 4 members (excludes halogenated alkanes) is 1. The molecule has 0 heterocycles. The van der Waals surface area contributed by atoms with E-state index in [9.17, 15) is 33.9 Å². The van der Waals surface area contributed by atoms with Crippen molar-refractivity contribution in [2.45, 2.75) is 132 Å². The molecular weight excluding hydrogens is 972 g/mol. The number of aliphatic carboxylic acids is 1. The van der Waals surface area contributed by atoms with E-state index in [4.69, 9.17) is 40.8 Å². The molecule has 15 heteroatoms. The van der Waals surface area contributed by atoms with Crippen molar-refractivity contribution in [1.82, 2.24) is 0 Å². The van der Waals surface area contributed by atoms with Crippen LogP contribution in [0.2, 0.25) is 0 Å². The average Bonchev–Trinajstić information content (AvgIpc) is 3.59. The Kier molecular flexibility index (Phi) is 19.4. The van der Waals surface area contributed by atoms with Crippen molar-refractivity contribution in [3.63, 3.8) is 0 Å². The van der Waals surface area contributed by atoms with Gasteiger partial charge in [0.15, 0.2) is 18.0 Å². The molecule has 9 atom stereocenters. The molecule has 3 fully saturated rings. The van der Waals surface area contributed by atoms with Gasteiger partial charge in [-0.25, -0.2) is 4.79 Å². The van der Waals surface area contributed by atoms with Crippen LogP contribution in [-0.2, 0) is 39.9 Å². The number of ether oxygens (including phenoxy) is 4. The monoisotopic (exact) mass is 1040 g/mol. The largest absolute Gasteiger partial charge is 0.494 e. The molecule has 0 aromatic heterocycles. The van der Waals surface area contributed by atoms with Crippen molar-refractivity contribution in [3.8, 4) is 11.5 Å². The molecule has 3 aromatic rings. The molecule has 0 spiro atoms. The highest BCUT2D eigenvalue weighted by Gasteiger charge is 2.76. The zero-order chi connectivity index (χ0) is 53.0. The van der Waals surface area contributed by atoms with Gasteiger partial charge in [-0.15, -0.1) is 23.4 Å². The van der Waals surface area contributed by atoms with Crippen LogP contribution in [0.3, 0.4) is 0 Å². The third-order valence-corrected chi connectivity index (χ3v) is 17.5. The number of esters is 2.